The smallest absolute Gasteiger partial charge is 0.409 e. The number of hydrogen-bond acceptors (Lipinski definition) is 4. The third-order valence-corrected chi connectivity index (χ3v) is 5.09. The van der Waals surface area contributed by atoms with Crippen molar-refractivity contribution >= 4 is 12.0 Å². The number of carbonyl (C=O) groups excluding carboxylic acids is 2. The Labute approximate surface area is 172 Å². The Kier molecular flexibility index (Phi) is 7.64. The van der Waals surface area contributed by atoms with Crippen molar-refractivity contribution in [1.29, 1.82) is 0 Å². The second kappa shape index (κ2) is 10.6. The molecule has 0 bridgehead atoms. The zero-order valence-electron chi connectivity index (χ0n) is 16.9. The predicted octanol–water partition coefficient (Wildman–Crippen LogP) is 2.86. The van der Waals surface area contributed by atoms with Crippen LogP contribution >= 0.6 is 0 Å². The third-order valence-electron chi connectivity index (χ3n) is 5.09. The number of nitrogens with zero attached hydrogens (tertiary/aromatic N) is 2. The molecule has 0 aliphatic carbocycles. The van der Waals surface area contributed by atoms with E-state index in [4.69, 9.17) is 4.74 Å². The molecule has 2 aromatic carbocycles. The van der Waals surface area contributed by atoms with Crippen LogP contribution < -0.4 is 5.32 Å². The van der Waals surface area contributed by atoms with Crippen molar-refractivity contribution in [2.24, 2.45) is 0 Å². The van der Waals surface area contributed by atoms with E-state index in [1.54, 1.807) is 11.8 Å². The summed E-state index contributed by atoms with van der Waals surface area (Å²) in [6.07, 6.45) is 0.469. The standard InChI is InChI=1S/C23H29N3O3/c1-2-29-23(28)26-15-13-25(14-16-26)18-22(27)24-21(20-11-7-4-8-12-20)17-19-9-5-3-6-10-19/h3-12,21H,2,13-18H2,1H3,(H,24,27). The summed E-state index contributed by atoms with van der Waals surface area (Å²) in [7, 11) is 0. The largest absolute Gasteiger partial charge is 0.450 e. The first-order valence-electron chi connectivity index (χ1n) is 10.2. The highest BCUT2D eigenvalue weighted by atomic mass is 16.6. The van der Waals surface area contributed by atoms with Crippen LogP contribution in [0.4, 0.5) is 4.79 Å². The van der Waals surface area contributed by atoms with Crippen LogP contribution in [0.15, 0.2) is 60.7 Å². The molecule has 0 radical (unpaired) electrons. The minimum Gasteiger partial charge on any atom is -0.450 e. The third kappa shape index (κ3) is 6.32. The molecule has 0 spiro atoms. The second-order valence-corrected chi connectivity index (χ2v) is 7.18. The van der Waals surface area contributed by atoms with Gasteiger partial charge in [0.2, 0.25) is 5.91 Å². The summed E-state index contributed by atoms with van der Waals surface area (Å²) in [5, 5.41) is 3.20. The SMILES string of the molecule is CCOC(=O)N1CCN(CC(=O)NC(Cc2ccccc2)c2ccccc2)CC1. The summed E-state index contributed by atoms with van der Waals surface area (Å²) in [5.74, 6) is -0.000584. The van der Waals surface area contributed by atoms with E-state index in [0.29, 0.717) is 39.3 Å². The molecule has 1 N–H and O–H groups in total. The summed E-state index contributed by atoms with van der Waals surface area (Å²) in [5.41, 5.74) is 2.28. The van der Waals surface area contributed by atoms with Crippen LogP contribution in [0.1, 0.15) is 24.1 Å². The molecule has 1 saturated heterocycles. The average Bonchev–Trinajstić information content (AvgIpc) is 2.75. The number of carbonyl (C=O) groups is 2. The number of rotatable bonds is 7. The first kappa shape index (κ1) is 20.9. The van der Waals surface area contributed by atoms with Gasteiger partial charge in [-0.15, -0.1) is 0 Å². The molecule has 0 aromatic heterocycles. The Balaban J connectivity index is 1.56. The van der Waals surface area contributed by atoms with Gasteiger partial charge in [0.05, 0.1) is 19.2 Å². The van der Waals surface area contributed by atoms with Crippen molar-refractivity contribution in [3.05, 3.63) is 71.8 Å². The van der Waals surface area contributed by atoms with Crippen LogP contribution in [0.3, 0.4) is 0 Å². The van der Waals surface area contributed by atoms with E-state index in [9.17, 15) is 9.59 Å². The Hall–Kier alpha value is -2.86. The molecule has 1 aliphatic rings. The van der Waals surface area contributed by atoms with Gasteiger partial charge in [-0.2, -0.15) is 0 Å². The Bertz CT molecular complexity index is 774. The molecule has 154 valence electrons. The van der Waals surface area contributed by atoms with E-state index in [-0.39, 0.29) is 18.0 Å². The van der Waals surface area contributed by atoms with Gasteiger partial charge in [-0.05, 0) is 24.5 Å². The molecule has 6 heteroatoms. The Morgan fingerprint density at radius 3 is 2.21 bits per heavy atom. The molecule has 2 amide bonds. The van der Waals surface area contributed by atoms with Gasteiger partial charge in [0, 0.05) is 26.2 Å². The monoisotopic (exact) mass is 395 g/mol. The van der Waals surface area contributed by atoms with Gasteiger partial charge in [0.1, 0.15) is 0 Å². The van der Waals surface area contributed by atoms with E-state index in [2.05, 4.69) is 22.3 Å². The molecule has 0 saturated carbocycles. The van der Waals surface area contributed by atoms with Gasteiger partial charge < -0.3 is 15.0 Å². The molecule has 1 aliphatic heterocycles. The second-order valence-electron chi connectivity index (χ2n) is 7.18. The van der Waals surface area contributed by atoms with Crippen molar-refractivity contribution in [2.75, 3.05) is 39.3 Å². The molecule has 1 unspecified atom stereocenters. The maximum Gasteiger partial charge on any atom is 0.409 e. The molecular weight excluding hydrogens is 366 g/mol. The zero-order chi connectivity index (χ0) is 20.5. The van der Waals surface area contributed by atoms with Gasteiger partial charge in [-0.25, -0.2) is 4.79 Å². The lowest BCUT2D eigenvalue weighted by molar-refractivity contribution is -0.123. The van der Waals surface area contributed by atoms with Gasteiger partial charge >= 0.3 is 6.09 Å². The summed E-state index contributed by atoms with van der Waals surface area (Å²) in [4.78, 5) is 28.3. The highest BCUT2D eigenvalue weighted by Gasteiger charge is 2.24. The topological polar surface area (TPSA) is 61.9 Å². The van der Waals surface area contributed by atoms with Crippen LogP contribution in [0.2, 0.25) is 0 Å². The highest BCUT2D eigenvalue weighted by molar-refractivity contribution is 5.78. The van der Waals surface area contributed by atoms with Crippen LogP contribution in [0.25, 0.3) is 0 Å². The first-order chi connectivity index (χ1) is 14.2. The van der Waals surface area contributed by atoms with E-state index in [1.807, 2.05) is 48.5 Å². The summed E-state index contributed by atoms with van der Waals surface area (Å²) >= 11 is 0. The van der Waals surface area contributed by atoms with E-state index < -0.39 is 0 Å². The van der Waals surface area contributed by atoms with Crippen molar-refractivity contribution < 1.29 is 14.3 Å². The normalized spacial score (nSPS) is 15.6. The number of nitrogens with one attached hydrogen (secondary N) is 1. The number of ether oxygens (including phenoxy) is 1. The van der Waals surface area contributed by atoms with Crippen molar-refractivity contribution in [3.63, 3.8) is 0 Å². The van der Waals surface area contributed by atoms with Crippen LogP contribution in [0.5, 0.6) is 0 Å². The maximum absolute atomic E-state index is 12.7. The van der Waals surface area contributed by atoms with Gasteiger partial charge in [-0.1, -0.05) is 60.7 Å². The van der Waals surface area contributed by atoms with Gasteiger partial charge in [-0.3, -0.25) is 9.69 Å². The first-order valence-corrected chi connectivity index (χ1v) is 10.2. The fourth-order valence-corrected chi connectivity index (χ4v) is 3.53. The van der Waals surface area contributed by atoms with Crippen molar-refractivity contribution in [1.82, 2.24) is 15.1 Å². The minimum absolute atomic E-state index is 0.000584. The van der Waals surface area contributed by atoms with Crippen LogP contribution in [0, 0.1) is 0 Å². The van der Waals surface area contributed by atoms with E-state index >= 15 is 0 Å². The lowest BCUT2D eigenvalue weighted by Crippen LogP contribution is -2.51. The maximum atomic E-state index is 12.7. The van der Waals surface area contributed by atoms with Crippen LogP contribution in [-0.4, -0.2) is 61.1 Å². The molecule has 1 fully saturated rings. The lowest BCUT2D eigenvalue weighted by atomic mass is 9.99. The fraction of sp³-hybridized carbons (Fsp3) is 0.391. The molecular formula is C23H29N3O3. The summed E-state index contributed by atoms with van der Waals surface area (Å²) in [6, 6.07) is 20.2. The number of hydrogen-bond donors (Lipinski definition) is 1. The number of benzene rings is 2. The van der Waals surface area contributed by atoms with Gasteiger partial charge in [0.15, 0.2) is 0 Å². The Morgan fingerprint density at radius 1 is 0.966 bits per heavy atom. The van der Waals surface area contributed by atoms with E-state index in [1.165, 1.54) is 5.56 Å². The molecule has 1 atom stereocenters. The molecule has 29 heavy (non-hydrogen) atoms. The molecule has 2 aromatic rings. The quantitative estimate of drug-likeness (QED) is 0.783. The number of piperazine rings is 1. The summed E-state index contributed by atoms with van der Waals surface area (Å²) < 4.78 is 5.05. The molecule has 3 rings (SSSR count). The Morgan fingerprint density at radius 2 is 1.59 bits per heavy atom. The van der Waals surface area contributed by atoms with Crippen molar-refractivity contribution in [3.8, 4) is 0 Å². The summed E-state index contributed by atoms with van der Waals surface area (Å²) in [6.45, 7) is 5.01. The van der Waals surface area contributed by atoms with E-state index in [0.717, 1.165) is 12.0 Å². The molecule has 1 heterocycles. The zero-order valence-corrected chi connectivity index (χ0v) is 16.9. The highest BCUT2D eigenvalue weighted by Crippen LogP contribution is 2.18. The van der Waals surface area contributed by atoms with Crippen molar-refractivity contribution in [2.45, 2.75) is 19.4 Å². The van der Waals surface area contributed by atoms with Crippen LogP contribution in [-0.2, 0) is 16.0 Å². The minimum atomic E-state index is -0.274. The van der Waals surface area contributed by atoms with Gasteiger partial charge in [0.25, 0.3) is 0 Å². The average molecular weight is 396 g/mol. The molecule has 6 nitrogen and oxygen atoms in total. The predicted molar refractivity (Wildman–Crippen MR) is 113 cm³/mol. The number of amides is 2. The fourth-order valence-electron chi connectivity index (χ4n) is 3.53. The lowest BCUT2D eigenvalue weighted by Gasteiger charge is -2.33.